The molecule has 1 saturated heterocycles. The van der Waals surface area contributed by atoms with Crippen LogP contribution >= 0.6 is 12.4 Å². The predicted octanol–water partition coefficient (Wildman–Crippen LogP) is 1.30. The van der Waals surface area contributed by atoms with Crippen LogP contribution in [-0.4, -0.2) is 43.7 Å². The maximum Gasteiger partial charge on any atom is 0.315 e. The summed E-state index contributed by atoms with van der Waals surface area (Å²) in [5.41, 5.74) is 0. The number of urea groups is 1. The molecule has 1 unspecified atom stereocenters. The van der Waals surface area contributed by atoms with Crippen molar-refractivity contribution in [3.8, 4) is 0 Å². The molecule has 4 N–H and O–H groups in total. The van der Waals surface area contributed by atoms with Crippen LogP contribution in [0.2, 0.25) is 0 Å². The lowest BCUT2D eigenvalue weighted by Crippen LogP contribution is -2.43. The second-order valence-electron chi connectivity index (χ2n) is 6.10. The number of hydrogen-bond donors (Lipinski definition) is 4. The molecule has 1 aliphatic carbocycles. The normalized spacial score (nSPS) is 21.7. The fourth-order valence-electron chi connectivity index (χ4n) is 3.01. The van der Waals surface area contributed by atoms with Crippen molar-refractivity contribution in [2.24, 2.45) is 0 Å². The number of amides is 3. The van der Waals surface area contributed by atoms with Gasteiger partial charge in [0.2, 0.25) is 5.91 Å². The third-order valence-corrected chi connectivity index (χ3v) is 4.23. The van der Waals surface area contributed by atoms with E-state index in [-0.39, 0.29) is 30.4 Å². The Bertz CT molecular complexity index is 342. The first-order valence-electron chi connectivity index (χ1n) is 8.28. The summed E-state index contributed by atoms with van der Waals surface area (Å²) in [6, 6.07) is 0.513. The molecule has 0 aromatic heterocycles. The minimum atomic E-state index is -0.0951. The molecule has 0 spiro atoms. The van der Waals surface area contributed by atoms with E-state index >= 15 is 0 Å². The van der Waals surface area contributed by atoms with Gasteiger partial charge >= 0.3 is 6.03 Å². The van der Waals surface area contributed by atoms with Gasteiger partial charge in [0.25, 0.3) is 0 Å². The molecule has 0 radical (unpaired) electrons. The zero-order chi connectivity index (χ0) is 14.9. The first-order valence-corrected chi connectivity index (χ1v) is 8.28. The summed E-state index contributed by atoms with van der Waals surface area (Å²) in [4.78, 5) is 23.4. The van der Waals surface area contributed by atoms with E-state index in [1.165, 1.54) is 19.3 Å². The number of halogens is 1. The Balaban J connectivity index is 0.00000242. The topological polar surface area (TPSA) is 82.3 Å². The summed E-state index contributed by atoms with van der Waals surface area (Å²) >= 11 is 0. The molecule has 0 aromatic rings. The van der Waals surface area contributed by atoms with E-state index in [4.69, 9.17) is 0 Å². The Morgan fingerprint density at radius 1 is 1.00 bits per heavy atom. The Morgan fingerprint density at radius 3 is 2.45 bits per heavy atom. The first kappa shape index (κ1) is 19.0. The van der Waals surface area contributed by atoms with Gasteiger partial charge in [-0.15, -0.1) is 12.4 Å². The molecule has 7 heteroatoms. The van der Waals surface area contributed by atoms with Crippen LogP contribution in [0.15, 0.2) is 0 Å². The van der Waals surface area contributed by atoms with E-state index in [0.29, 0.717) is 25.4 Å². The molecule has 2 rings (SSSR count). The molecule has 0 bridgehead atoms. The highest BCUT2D eigenvalue weighted by atomic mass is 35.5. The highest BCUT2D eigenvalue weighted by Gasteiger charge is 2.17. The molecule has 1 saturated carbocycles. The van der Waals surface area contributed by atoms with Crippen molar-refractivity contribution in [3.05, 3.63) is 0 Å². The van der Waals surface area contributed by atoms with E-state index in [1.54, 1.807) is 0 Å². The van der Waals surface area contributed by atoms with Crippen molar-refractivity contribution in [2.75, 3.05) is 19.6 Å². The summed E-state index contributed by atoms with van der Waals surface area (Å²) < 4.78 is 0. The summed E-state index contributed by atoms with van der Waals surface area (Å²) in [5, 5.41) is 12.1. The van der Waals surface area contributed by atoms with Crippen molar-refractivity contribution < 1.29 is 9.59 Å². The molecular formula is C15H29ClN4O2. The Hall–Kier alpha value is -1.01. The molecular weight excluding hydrogens is 304 g/mol. The highest BCUT2D eigenvalue weighted by Crippen LogP contribution is 2.17. The smallest absolute Gasteiger partial charge is 0.315 e. The number of rotatable bonds is 6. The van der Waals surface area contributed by atoms with Crippen LogP contribution in [0.5, 0.6) is 0 Å². The van der Waals surface area contributed by atoms with Crippen LogP contribution in [0.1, 0.15) is 51.4 Å². The first-order chi connectivity index (χ1) is 10.2. The highest BCUT2D eigenvalue weighted by molar-refractivity contribution is 5.85. The molecule has 1 atom stereocenters. The lowest BCUT2D eigenvalue weighted by molar-refractivity contribution is -0.121. The monoisotopic (exact) mass is 332 g/mol. The van der Waals surface area contributed by atoms with E-state index in [1.807, 2.05) is 0 Å². The Morgan fingerprint density at radius 2 is 1.77 bits per heavy atom. The van der Waals surface area contributed by atoms with Crippen molar-refractivity contribution >= 4 is 24.3 Å². The van der Waals surface area contributed by atoms with Crippen LogP contribution in [0.4, 0.5) is 4.79 Å². The SMILES string of the molecule is Cl.O=C(CCCNC(=O)NC1CCCCC1)NC1CCNC1. The molecule has 2 aliphatic rings. The van der Waals surface area contributed by atoms with Crippen LogP contribution < -0.4 is 21.3 Å². The van der Waals surface area contributed by atoms with E-state index < -0.39 is 0 Å². The Labute approximate surface area is 139 Å². The fourth-order valence-corrected chi connectivity index (χ4v) is 3.01. The lowest BCUT2D eigenvalue weighted by Gasteiger charge is -2.22. The predicted molar refractivity (Wildman–Crippen MR) is 89.3 cm³/mol. The van der Waals surface area contributed by atoms with E-state index in [0.717, 1.165) is 32.4 Å². The fraction of sp³-hybridized carbons (Fsp3) is 0.867. The maximum absolute atomic E-state index is 11.7. The second kappa shape index (κ2) is 10.7. The van der Waals surface area contributed by atoms with Gasteiger partial charge in [-0.1, -0.05) is 19.3 Å². The van der Waals surface area contributed by atoms with Gasteiger partial charge in [-0.2, -0.15) is 0 Å². The average Bonchev–Trinajstić information content (AvgIpc) is 2.97. The van der Waals surface area contributed by atoms with E-state index in [2.05, 4.69) is 21.3 Å². The average molecular weight is 333 g/mol. The van der Waals surface area contributed by atoms with Crippen molar-refractivity contribution in [3.63, 3.8) is 0 Å². The lowest BCUT2D eigenvalue weighted by atomic mass is 9.96. The minimum absolute atomic E-state index is 0. The molecule has 0 aromatic carbocycles. The van der Waals surface area contributed by atoms with Crippen molar-refractivity contribution in [1.82, 2.24) is 21.3 Å². The number of carbonyl (C=O) groups is 2. The van der Waals surface area contributed by atoms with Gasteiger partial charge in [-0.05, 0) is 32.2 Å². The van der Waals surface area contributed by atoms with Crippen LogP contribution in [0.3, 0.4) is 0 Å². The molecule has 2 fully saturated rings. The zero-order valence-electron chi connectivity index (χ0n) is 13.2. The van der Waals surface area contributed by atoms with Crippen LogP contribution in [-0.2, 0) is 4.79 Å². The summed E-state index contributed by atoms with van der Waals surface area (Å²) in [5.74, 6) is 0.0817. The zero-order valence-corrected chi connectivity index (χ0v) is 14.0. The largest absolute Gasteiger partial charge is 0.352 e. The second-order valence-corrected chi connectivity index (χ2v) is 6.10. The molecule has 1 heterocycles. The summed E-state index contributed by atoms with van der Waals surface area (Å²) in [6.45, 7) is 2.40. The summed E-state index contributed by atoms with van der Waals surface area (Å²) in [6.07, 6.45) is 8.04. The van der Waals surface area contributed by atoms with Crippen molar-refractivity contribution in [2.45, 2.75) is 63.5 Å². The quantitative estimate of drug-likeness (QED) is 0.553. The van der Waals surface area contributed by atoms with Gasteiger partial charge in [-0.25, -0.2) is 4.79 Å². The molecule has 128 valence electrons. The number of carbonyl (C=O) groups excluding carboxylic acids is 2. The van der Waals surface area contributed by atoms with E-state index in [9.17, 15) is 9.59 Å². The Kier molecular flexibility index (Phi) is 9.24. The minimum Gasteiger partial charge on any atom is -0.352 e. The van der Waals surface area contributed by atoms with Crippen LogP contribution in [0, 0.1) is 0 Å². The number of hydrogen-bond acceptors (Lipinski definition) is 3. The maximum atomic E-state index is 11.7. The van der Waals surface area contributed by atoms with Crippen LogP contribution in [0.25, 0.3) is 0 Å². The third-order valence-electron chi connectivity index (χ3n) is 4.23. The third kappa shape index (κ3) is 7.31. The molecule has 1 aliphatic heterocycles. The van der Waals surface area contributed by atoms with Gasteiger partial charge in [0.05, 0.1) is 0 Å². The molecule has 6 nitrogen and oxygen atoms in total. The molecule has 22 heavy (non-hydrogen) atoms. The summed E-state index contributed by atoms with van der Waals surface area (Å²) in [7, 11) is 0. The standard InChI is InChI=1S/C15H28N4O2.ClH/c20-14(18-13-8-10-16-11-13)7-4-9-17-15(21)19-12-5-2-1-3-6-12;/h12-13,16H,1-11H2,(H,18,20)(H2,17,19,21);1H. The van der Waals surface area contributed by atoms with Gasteiger partial charge in [-0.3, -0.25) is 4.79 Å². The van der Waals surface area contributed by atoms with Gasteiger partial charge in [0.1, 0.15) is 0 Å². The molecule has 3 amide bonds. The number of nitrogens with one attached hydrogen (secondary N) is 4. The van der Waals surface area contributed by atoms with Gasteiger partial charge < -0.3 is 21.3 Å². The van der Waals surface area contributed by atoms with Crippen molar-refractivity contribution in [1.29, 1.82) is 0 Å². The van der Waals surface area contributed by atoms with Gasteiger partial charge in [0.15, 0.2) is 0 Å². The van der Waals surface area contributed by atoms with Gasteiger partial charge in [0, 0.05) is 31.6 Å².